The molecule has 9 nitrogen and oxygen atoms in total. The Kier molecular flexibility index (Phi) is 4.57. The van der Waals surface area contributed by atoms with Crippen molar-refractivity contribution in [2.24, 2.45) is 11.8 Å². The summed E-state index contributed by atoms with van der Waals surface area (Å²) in [6.07, 6.45) is -1.77. The molecule has 0 unspecified atom stereocenters. The summed E-state index contributed by atoms with van der Waals surface area (Å²) in [5, 5.41) is 2.86. The first-order valence-corrected chi connectivity index (χ1v) is 9.40. The SMILES string of the molecule is CC(=O)OC[C@H]1OC(=O)[C@H]2[C@H](CN(C)[C@@]23C(=O)Nc2ccccc23)[C@H]1OC(C)=O. The van der Waals surface area contributed by atoms with Gasteiger partial charge in [0.05, 0.1) is 5.92 Å². The van der Waals surface area contributed by atoms with Gasteiger partial charge < -0.3 is 19.5 Å². The van der Waals surface area contributed by atoms with E-state index in [1.54, 1.807) is 19.2 Å². The second kappa shape index (κ2) is 6.84. The number of hydrogen-bond donors (Lipinski definition) is 1. The number of benzene rings is 1. The standard InChI is InChI=1S/C20H22N2O7/c1-10(23)27-9-15-17(28-11(2)24)12-8-22(3)20(16(12)18(25)29-15)13-6-4-5-7-14(13)21-19(20)26/h4-7,12,15-17H,8-9H2,1-3H3,(H,21,26)/t12-,15+,16+,17+,20+/m0/s1. The molecule has 0 aliphatic carbocycles. The van der Waals surface area contributed by atoms with Crippen molar-refractivity contribution in [1.29, 1.82) is 0 Å². The van der Waals surface area contributed by atoms with Gasteiger partial charge in [-0.3, -0.25) is 24.1 Å². The molecule has 1 amide bonds. The number of nitrogens with zero attached hydrogens (tertiary/aromatic N) is 1. The highest BCUT2D eigenvalue weighted by Crippen LogP contribution is 2.55. The highest BCUT2D eigenvalue weighted by molar-refractivity contribution is 6.09. The fourth-order valence-electron chi connectivity index (χ4n) is 4.95. The van der Waals surface area contributed by atoms with E-state index in [0.717, 1.165) is 0 Å². The second-order valence-electron chi connectivity index (χ2n) is 7.64. The van der Waals surface area contributed by atoms with Crippen LogP contribution in [0.5, 0.6) is 0 Å². The molecule has 1 N–H and O–H groups in total. The van der Waals surface area contributed by atoms with E-state index in [9.17, 15) is 19.2 Å². The first kappa shape index (κ1) is 19.4. The van der Waals surface area contributed by atoms with Crippen LogP contribution in [0.1, 0.15) is 19.4 Å². The molecule has 2 saturated heterocycles. The summed E-state index contributed by atoms with van der Waals surface area (Å²) in [5.41, 5.74) is 0.0872. The van der Waals surface area contributed by atoms with Gasteiger partial charge in [-0.05, 0) is 13.1 Å². The third-order valence-corrected chi connectivity index (χ3v) is 5.96. The van der Waals surface area contributed by atoms with Crippen molar-refractivity contribution >= 4 is 29.5 Å². The molecule has 1 aromatic rings. The lowest BCUT2D eigenvalue weighted by Gasteiger charge is -2.41. The number of esters is 3. The van der Waals surface area contributed by atoms with Crippen molar-refractivity contribution in [3.8, 4) is 0 Å². The molecular formula is C20H22N2O7. The van der Waals surface area contributed by atoms with Gasteiger partial charge in [0.25, 0.3) is 5.91 Å². The number of rotatable bonds is 3. The van der Waals surface area contributed by atoms with Crippen molar-refractivity contribution < 1.29 is 33.4 Å². The minimum atomic E-state index is -1.25. The molecule has 154 valence electrons. The molecule has 2 fully saturated rings. The molecule has 0 aromatic heterocycles. The van der Waals surface area contributed by atoms with E-state index in [-0.39, 0.29) is 12.5 Å². The van der Waals surface area contributed by atoms with E-state index in [2.05, 4.69) is 5.32 Å². The Balaban J connectivity index is 1.77. The lowest BCUT2D eigenvalue weighted by molar-refractivity contribution is -0.199. The van der Waals surface area contributed by atoms with E-state index in [1.165, 1.54) is 13.8 Å². The van der Waals surface area contributed by atoms with Crippen LogP contribution < -0.4 is 5.32 Å². The lowest BCUT2D eigenvalue weighted by atomic mass is 9.72. The number of fused-ring (bicyclic) bond motifs is 4. The van der Waals surface area contributed by atoms with Crippen molar-refractivity contribution in [2.45, 2.75) is 31.6 Å². The van der Waals surface area contributed by atoms with Crippen LogP contribution >= 0.6 is 0 Å². The van der Waals surface area contributed by atoms with Crippen LogP contribution in [0.15, 0.2) is 24.3 Å². The molecule has 1 aromatic carbocycles. The van der Waals surface area contributed by atoms with Gasteiger partial charge in [0.2, 0.25) is 0 Å². The molecule has 5 atom stereocenters. The number of ether oxygens (including phenoxy) is 3. The van der Waals surface area contributed by atoms with Gasteiger partial charge in [0.1, 0.15) is 18.2 Å². The normalized spacial score (nSPS) is 32.9. The largest absolute Gasteiger partial charge is 0.462 e. The van der Waals surface area contributed by atoms with Crippen LogP contribution in [0.4, 0.5) is 5.69 Å². The maximum Gasteiger partial charge on any atom is 0.312 e. The first-order chi connectivity index (χ1) is 13.8. The predicted molar refractivity (Wildman–Crippen MR) is 98.4 cm³/mol. The molecule has 0 bridgehead atoms. The predicted octanol–water partition coefficient (Wildman–Crippen LogP) is 0.432. The minimum absolute atomic E-state index is 0.220. The summed E-state index contributed by atoms with van der Waals surface area (Å²) in [6, 6.07) is 7.21. The third-order valence-electron chi connectivity index (χ3n) is 5.96. The number of hydrogen-bond acceptors (Lipinski definition) is 8. The summed E-state index contributed by atoms with van der Waals surface area (Å²) in [4.78, 5) is 51.1. The van der Waals surface area contributed by atoms with E-state index >= 15 is 0 Å². The van der Waals surface area contributed by atoms with Crippen molar-refractivity contribution in [3.05, 3.63) is 29.8 Å². The Morgan fingerprint density at radius 3 is 2.66 bits per heavy atom. The third kappa shape index (κ3) is 2.79. The molecule has 1 spiro atoms. The Morgan fingerprint density at radius 2 is 1.97 bits per heavy atom. The molecule has 3 aliphatic rings. The molecule has 9 heteroatoms. The van der Waals surface area contributed by atoms with Gasteiger partial charge in [-0.25, -0.2) is 0 Å². The van der Waals surface area contributed by atoms with Crippen molar-refractivity contribution in [1.82, 2.24) is 4.90 Å². The smallest absolute Gasteiger partial charge is 0.312 e. The average molecular weight is 402 g/mol. The topological polar surface area (TPSA) is 111 Å². The summed E-state index contributed by atoms with van der Waals surface area (Å²) in [6.45, 7) is 2.62. The zero-order chi connectivity index (χ0) is 20.9. The minimum Gasteiger partial charge on any atom is -0.462 e. The van der Waals surface area contributed by atoms with Gasteiger partial charge in [-0.2, -0.15) is 0 Å². The number of likely N-dealkylation sites (tertiary alicyclic amines) is 1. The summed E-state index contributed by atoms with van der Waals surface area (Å²) in [7, 11) is 1.76. The molecule has 0 saturated carbocycles. The number of anilines is 1. The van der Waals surface area contributed by atoms with Gasteiger partial charge in [-0.15, -0.1) is 0 Å². The number of carbonyl (C=O) groups excluding carboxylic acids is 4. The summed E-state index contributed by atoms with van der Waals surface area (Å²) >= 11 is 0. The quantitative estimate of drug-likeness (QED) is 0.572. The molecule has 0 radical (unpaired) electrons. The van der Waals surface area contributed by atoms with Crippen LogP contribution in [-0.2, 0) is 38.9 Å². The Labute approximate surface area is 167 Å². The Bertz CT molecular complexity index is 901. The molecule has 3 heterocycles. The van der Waals surface area contributed by atoms with E-state index in [1.807, 2.05) is 17.0 Å². The number of nitrogens with one attached hydrogen (secondary N) is 1. The maximum atomic E-state index is 13.2. The second-order valence-corrected chi connectivity index (χ2v) is 7.64. The number of carbonyl (C=O) groups is 4. The van der Waals surface area contributed by atoms with Crippen LogP contribution in [-0.4, -0.2) is 61.1 Å². The van der Waals surface area contributed by atoms with E-state index in [4.69, 9.17) is 14.2 Å². The zero-order valence-electron chi connectivity index (χ0n) is 16.3. The molecular weight excluding hydrogens is 380 g/mol. The van der Waals surface area contributed by atoms with Gasteiger partial charge in [0.15, 0.2) is 6.10 Å². The fraction of sp³-hybridized carbons (Fsp3) is 0.500. The maximum absolute atomic E-state index is 13.2. The number of amides is 1. The van der Waals surface area contributed by atoms with Crippen molar-refractivity contribution in [2.75, 3.05) is 25.5 Å². The van der Waals surface area contributed by atoms with Gasteiger partial charge in [-0.1, -0.05) is 18.2 Å². The number of para-hydroxylation sites is 1. The Morgan fingerprint density at radius 1 is 1.24 bits per heavy atom. The van der Waals surface area contributed by atoms with Crippen molar-refractivity contribution in [3.63, 3.8) is 0 Å². The zero-order valence-corrected chi connectivity index (χ0v) is 16.3. The highest BCUT2D eigenvalue weighted by atomic mass is 16.6. The van der Waals surface area contributed by atoms with Crippen LogP contribution in [0.3, 0.4) is 0 Å². The summed E-state index contributed by atoms with van der Waals surface area (Å²) < 4.78 is 16.1. The summed E-state index contributed by atoms with van der Waals surface area (Å²) in [5.74, 6) is -3.33. The van der Waals surface area contributed by atoms with Crippen LogP contribution in [0.25, 0.3) is 0 Å². The van der Waals surface area contributed by atoms with Crippen LogP contribution in [0.2, 0.25) is 0 Å². The molecule has 3 aliphatic heterocycles. The lowest BCUT2D eigenvalue weighted by Crippen LogP contribution is -2.58. The first-order valence-electron chi connectivity index (χ1n) is 9.40. The number of likely N-dealkylation sites (N-methyl/N-ethyl adjacent to an activating group) is 1. The highest BCUT2D eigenvalue weighted by Gasteiger charge is 2.69. The van der Waals surface area contributed by atoms with Gasteiger partial charge in [0, 0.05) is 37.6 Å². The van der Waals surface area contributed by atoms with E-state index < -0.39 is 47.5 Å². The average Bonchev–Trinajstić information content (AvgIpc) is 3.12. The Hall–Kier alpha value is -2.94. The monoisotopic (exact) mass is 402 g/mol. The molecule has 4 rings (SSSR count). The fourth-order valence-corrected chi connectivity index (χ4v) is 4.95. The molecule has 29 heavy (non-hydrogen) atoms. The number of cyclic esters (lactones) is 1. The van der Waals surface area contributed by atoms with E-state index in [0.29, 0.717) is 17.8 Å². The van der Waals surface area contributed by atoms with Gasteiger partial charge >= 0.3 is 17.9 Å². The van der Waals surface area contributed by atoms with Crippen LogP contribution in [0, 0.1) is 11.8 Å².